The molecule has 0 radical (unpaired) electrons. The molecular formula is C15H17NO3. The summed E-state index contributed by atoms with van der Waals surface area (Å²) in [6.07, 6.45) is 3.52. The van der Waals surface area contributed by atoms with Crippen molar-refractivity contribution in [2.24, 2.45) is 0 Å². The molecule has 0 unspecified atom stereocenters. The van der Waals surface area contributed by atoms with Gasteiger partial charge in [-0.1, -0.05) is 30.3 Å². The molecule has 0 atom stereocenters. The van der Waals surface area contributed by atoms with E-state index in [0.717, 1.165) is 23.3 Å². The number of carboxylic acid groups (broad SMARTS) is 1. The molecule has 1 aromatic carbocycles. The Morgan fingerprint density at radius 1 is 1.32 bits per heavy atom. The topological polar surface area (TPSA) is 57.6 Å². The van der Waals surface area contributed by atoms with Crippen LogP contribution in [0.25, 0.3) is 0 Å². The maximum atomic E-state index is 11.9. The van der Waals surface area contributed by atoms with Gasteiger partial charge in [-0.05, 0) is 18.1 Å². The van der Waals surface area contributed by atoms with E-state index in [9.17, 15) is 9.59 Å². The van der Waals surface area contributed by atoms with Crippen LogP contribution in [-0.2, 0) is 16.1 Å². The Balaban J connectivity index is 2.83. The van der Waals surface area contributed by atoms with Gasteiger partial charge in [-0.15, -0.1) is 6.58 Å². The molecule has 0 aliphatic heterocycles. The molecule has 0 fully saturated rings. The number of benzene rings is 1. The van der Waals surface area contributed by atoms with Gasteiger partial charge in [-0.25, -0.2) is 4.79 Å². The van der Waals surface area contributed by atoms with E-state index in [4.69, 9.17) is 5.11 Å². The van der Waals surface area contributed by atoms with Crippen molar-refractivity contribution in [1.82, 2.24) is 4.90 Å². The minimum Gasteiger partial charge on any atom is -0.478 e. The zero-order valence-electron chi connectivity index (χ0n) is 10.9. The Morgan fingerprint density at radius 3 is 2.58 bits per heavy atom. The normalized spacial score (nSPS) is 10.4. The van der Waals surface area contributed by atoms with E-state index >= 15 is 0 Å². The Morgan fingerprint density at radius 2 is 2.00 bits per heavy atom. The van der Waals surface area contributed by atoms with Gasteiger partial charge in [-0.2, -0.15) is 0 Å². The summed E-state index contributed by atoms with van der Waals surface area (Å²) in [5.74, 6) is -1.48. The highest BCUT2D eigenvalue weighted by atomic mass is 16.4. The fourth-order valence-corrected chi connectivity index (χ4v) is 1.63. The number of nitrogens with zero attached hydrogens (tertiary/aromatic N) is 1. The van der Waals surface area contributed by atoms with E-state index < -0.39 is 5.97 Å². The Bertz CT molecular complexity index is 506. The van der Waals surface area contributed by atoms with Crippen LogP contribution in [0, 0.1) is 6.92 Å². The molecular weight excluding hydrogens is 242 g/mol. The first-order valence-electron chi connectivity index (χ1n) is 5.90. The second kappa shape index (κ2) is 7.16. The molecule has 1 rings (SSSR count). The van der Waals surface area contributed by atoms with E-state index in [1.807, 2.05) is 31.2 Å². The smallest absolute Gasteiger partial charge is 0.328 e. The molecule has 0 aliphatic carbocycles. The van der Waals surface area contributed by atoms with Crippen LogP contribution in [0.5, 0.6) is 0 Å². The third-order valence-corrected chi connectivity index (χ3v) is 2.65. The highest BCUT2D eigenvalue weighted by Crippen LogP contribution is 2.11. The van der Waals surface area contributed by atoms with Crippen LogP contribution in [0.2, 0.25) is 0 Å². The molecule has 0 spiro atoms. The SMILES string of the molecule is C=CCN(Cc1ccccc1C)C(=O)/C=C/C(=O)O. The van der Waals surface area contributed by atoms with Gasteiger partial charge in [0, 0.05) is 25.2 Å². The third-order valence-electron chi connectivity index (χ3n) is 2.65. The lowest BCUT2D eigenvalue weighted by Crippen LogP contribution is -2.29. The number of carbonyl (C=O) groups is 2. The van der Waals surface area contributed by atoms with Crippen molar-refractivity contribution in [3.63, 3.8) is 0 Å². The summed E-state index contributed by atoms with van der Waals surface area (Å²) in [5, 5.41) is 8.53. The fraction of sp³-hybridized carbons (Fsp3) is 0.200. The zero-order valence-corrected chi connectivity index (χ0v) is 10.9. The number of amides is 1. The van der Waals surface area contributed by atoms with Crippen molar-refractivity contribution in [3.05, 3.63) is 60.2 Å². The molecule has 4 heteroatoms. The van der Waals surface area contributed by atoms with Gasteiger partial charge in [0.25, 0.3) is 0 Å². The number of carboxylic acids is 1. The van der Waals surface area contributed by atoms with Crippen molar-refractivity contribution in [3.8, 4) is 0 Å². The van der Waals surface area contributed by atoms with Crippen LogP contribution in [0.1, 0.15) is 11.1 Å². The predicted molar refractivity (Wildman–Crippen MR) is 73.6 cm³/mol. The lowest BCUT2D eigenvalue weighted by atomic mass is 10.1. The summed E-state index contributed by atoms with van der Waals surface area (Å²) >= 11 is 0. The standard InChI is InChI=1S/C15H17NO3/c1-3-10-16(14(17)8-9-15(18)19)11-13-7-5-4-6-12(13)2/h3-9H,1,10-11H2,2H3,(H,18,19)/b9-8+. The minimum absolute atomic E-state index is 0.342. The van der Waals surface area contributed by atoms with Crippen molar-refractivity contribution < 1.29 is 14.7 Å². The van der Waals surface area contributed by atoms with E-state index in [0.29, 0.717) is 13.1 Å². The summed E-state index contributed by atoms with van der Waals surface area (Å²) in [6.45, 7) is 6.38. The fourth-order valence-electron chi connectivity index (χ4n) is 1.63. The lowest BCUT2D eigenvalue weighted by Gasteiger charge is -2.20. The van der Waals surface area contributed by atoms with Gasteiger partial charge in [-0.3, -0.25) is 4.79 Å². The van der Waals surface area contributed by atoms with Gasteiger partial charge in [0.05, 0.1) is 0 Å². The summed E-state index contributed by atoms with van der Waals surface area (Å²) in [7, 11) is 0. The summed E-state index contributed by atoms with van der Waals surface area (Å²) in [4.78, 5) is 23.8. The van der Waals surface area contributed by atoms with Crippen molar-refractivity contribution in [2.75, 3.05) is 6.54 Å². The maximum Gasteiger partial charge on any atom is 0.328 e. The molecule has 0 saturated heterocycles. The largest absolute Gasteiger partial charge is 0.478 e. The molecule has 19 heavy (non-hydrogen) atoms. The van der Waals surface area contributed by atoms with Crippen LogP contribution < -0.4 is 0 Å². The molecule has 0 aliphatic rings. The van der Waals surface area contributed by atoms with E-state index in [1.165, 1.54) is 4.90 Å². The van der Waals surface area contributed by atoms with Gasteiger partial charge in [0.1, 0.15) is 0 Å². The molecule has 0 aromatic heterocycles. The highest BCUT2D eigenvalue weighted by Gasteiger charge is 2.11. The van der Waals surface area contributed by atoms with Gasteiger partial charge < -0.3 is 10.0 Å². The number of aliphatic carboxylic acids is 1. The molecule has 0 bridgehead atoms. The first-order valence-corrected chi connectivity index (χ1v) is 5.90. The zero-order chi connectivity index (χ0) is 14.3. The van der Waals surface area contributed by atoms with Crippen molar-refractivity contribution >= 4 is 11.9 Å². The number of hydrogen-bond acceptors (Lipinski definition) is 2. The first kappa shape index (κ1) is 14.7. The second-order valence-electron chi connectivity index (χ2n) is 4.11. The summed E-state index contributed by atoms with van der Waals surface area (Å²) < 4.78 is 0. The molecule has 0 heterocycles. The molecule has 0 saturated carbocycles. The van der Waals surface area contributed by atoms with E-state index in [1.54, 1.807) is 6.08 Å². The predicted octanol–water partition coefficient (Wildman–Crippen LogP) is 2.15. The molecule has 4 nitrogen and oxygen atoms in total. The van der Waals surface area contributed by atoms with Crippen LogP contribution in [0.4, 0.5) is 0 Å². The molecule has 1 N–H and O–H groups in total. The summed E-state index contributed by atoms with van der Waals surface area (Å²) in [6, 6.07) is 7.76. The number of rotatable bonds is 6. The summed E-state index contributed by atoms with van der Waals surface area (Å²) in [5.41, 5.74) is 2.12. The minimum atomic E-state index is -1.14. The molecule has 1 aromatic rings. The number of carbonyl (C=O) groups excluding carboxylic acids is 1. The van der Waals surface area contributed by atoms with E-state index in [-0.39, 0.29) is 5.91 Å². The monoisotopic (exact) mass is 259 g/mol. The molecule has 100 valence electrons. The van der Waals surface area contributed by atoms with Gasteiger partial charge >= 0.3 is 5.97 Å². The molecule has 1 amide bonds. The second-order valence-corrected chi connectivity index (χ2v) is 4.11. The van der Waals surface area contributed by atoms with Gasteiger partial charge in [0.2, 0.25) is 5.91 Å². The average molecular weight is 259 g/mol. The third kappa shape index (κ3) is 4.79. The number of hydrogen-bond donors (Lipinski definition) is 1. The quantitative estimate of drug-likeness (QED) is 0.629. The van der Waals surface area contributed by atoms with E-state index in [2.05, 4.69) is 6.58 Å². The Kier molecular flexibility index (Phi) is 5.54. The Labute approximate surface area is 112 Å². The van der Waals surface area contributed by atoms with Crippen molar-refractivity contribution in [2.45, 2.75) is 13.5 Å². The Hall–Kier alpha value is -2.36. The van der Waals surface area contributed by atoms with Crippen LogP contribution in [0.15, 0.2) is 49.1 Å². The van der Waals surface area contributed by atoms with Crippen LogP contribution in [0.3, 0.4) is 0 Å². The van der Waals surface area contributed by atoms with Gasteiger partial charge in [0.15, 0.2) is 0 Å². The highest BCUT2D eigenvalue weighted by molar-refractivity contribution is 5.93. The van der Waals surface area contributed by atoms with Crippen molar-refractivity contribution in [1.29, 1.82) is 0 Å². The number of aryl methyl sites for hydroxylation is 1. The average Bonchev–Trinajstić information content (AvgIpc) is 2.38. The maximum absolute atomic E-state index is 11.9. The first-order chi connectivity index (χ1) is 9.04. The van der Waals surface area contributed by atoms with Crippen LogP contribution in [-0.4, -0.2) is 28.4 Å². The lowest BCUT2D eigenvalue weighted by molar-refractivity contribution is -0.132. The van der Waals surface area contributed by atoms with Crippen LogP contribution >= 0.6 is 0 Å².